The van der Waals surface area contributed by atoms with Crippen molar-refractivity contribution in [1.82, 2.24) is 4.90 Å². The number of amides is 2. The molecule has 0 saturated heterocycles. The molecule has 0 fully saturated rings. The molecule has 2 N–H and O–H groups in total. The fraction of sp³-hybridized carbons (Fsp3) is 0.500. The maximum absolute atomic E-state index is 12.4. The van der Waals surface area contributed by atoms with Crippen molar-refractivity contribution in [1.29, 1.82) is 0 Å². The zero-order valence-electron chi connectivity index (χ0n) is 13.1. The van der Waals surface area contributed by atoms with E-state index in [1.54, 1.807) is 6.92 Å². The van der Waals surface area contributed by atoms with E-state index in [1.807, 2.05) is 31.2 Å². The SMILES string of the molecule is CCN(C(=O)Nc1ccccc1C(C)C)C(C)CC(=O)O. The molecule has 0 saturated carbocycles. The van der Waals surface area contributed by atoms with Crippen molar-refractivity contribution in [2.45, 2.75) is 46.1 Å². The summed E-state index contributed by atoms with van der Waals surface area (Å²) in [6, 6.07) is 7.05. The summed E-state index contributed by atoms with van der Waals surface area (Å²) in [6.07, 6.45) is -0.0624. The van der Waals surface area contributed by atoms with E-state index in [-0.39, 0.29) is 18.5 Å². The Bertz CT molecular complexity index is 500. The molecule has 116 valence electrons. The molecule has 1 aromatic carbocycles. The standard InChI is InChI=1S/C16H24N2O3/c1-5-18(12(4)10-15(19)20)16(21)17-14-9-7-6-8-13(14)11(2)3/h6-9,11-12H,5,10H2,1-4H3,(H,17,21)(H,19,20). The second-order valence-corrected chi connectivity index (χ2v) is 5.41. The Morgan fingerprint density at radius 2 is 1.86 bits per heavy atom. The monoisotopic (exact) mass is 292 g/mol. The lowest BCUT2D eigenvalue weighted by molar-refractivity contribution is -0.137. The van der Waals surface area contributed by atoms with Crippen LogP contribution in [-0.4, -0.2) is 34.6 Å². The summed E-state index contributed by atoms with van der Waals surface area (Å²) in [4.78, 5) is 24.7. The third-order valence-electron chi connectivity index (χ3n) is 3.43. The smallest absolute Gasteiger partial charge is 0.322 e. The van der Waals surface area contributed by atoms with Gasteiger partial charge in [-0.25, -0.2) is 4.79 Å². The lowest BCUT2D eigenvalue weighted by Gasteiger charge is -2.28. The van der Waals surface area contributed by atoms with Crippen LogP contribution in [0, 0.1) is 0 Å². The van der Waals surface area contributed by atoms with Crippen molar-refractivity contribution in [3.8, 4) is 0 Å². The van der Waals surface area contributed by atoms with Crippen LogP contribution >= 0.6 is 0 Å². The predicted octanol–water partition coefficient (Wildman–Crippen LogP) is 3.53. The van der Waals surface area contributed by atoms with E-state index < -0.39 is 5.97 Å². The minimum absolute atomic E-state index is 0.0624. The van der Waals surface area contributed by atoms with Gasteiger partial charge in [0.1, 0.15) is 0 Å². The minimum Gasteiger partial charge on any atom is -0.481 e. The van der Waals surface area contributed by atoms with E-state index in [9.17, 15) is 9.59 Å². The molecule has 0 aliphatic carbocycles. The molecule has 2 amide bonds. The quantitative estimate of drug-likeness (QED) is 0.842. The maximum atomic E-state index is 12.4. The molecule has 21 heavy (non-hydrogen) atoms. The first-order valence-corrected chi connectivity index (χ1v) is 7.25. The van der Waals surface area contributed by atoms with Crippen LogP contribution in [0.1, 0.15) is 45.6 Å². The number of rotatable bonds is 6. The van der Waals surface area contributed by atoms with E-state index in [2.05, 4.69) is 19.2 Å². The number of anilines is 1. The molecule has 1 atom stereocenters. The van der Waals surface area contributed by atoms with Gasteiger partial charge in [0.2, 0.25) is 0 Å². The van der Waals surface area contributed by atoms with Gasteiger partial charge >= 0.3 is 12.0 Å². The molecule has 0 heterocycles. The Balaban J connectivity index is 2.86. The van der Waals surface area contributed by atoms with Gasteiger partial charge in [0, 0.05) is 18.3 Å². The zero-order chi connectivity index (χ0) is 16.0. The average molecular weight is 292 g/mol. The van der Waals surface area contributed by atoms with Crippen LogP contribution in [0.15, 0.2) is 24.3 Å². The van der Waals surface area contributed by atoms with Crippen LogP contribution < -0.4 is 5.32 Å². The fourth-order valence-electron chi connectivity index (χ4n) is 2.32. The fourth-order valence-corrected chi connectivity index (χ4v) is 2.32. The number of carboxylic acids is 1. The van der Waals surface area contributed by atoms with Crippen LogP contribution in [-0.2, 0) is 4.79 Å². The largest absolute Gasteiger partial charge is 0.481 e. The summed E-state index contributed by atoms with van der Waals surface area (Å²) in [6.45, 7) is 8.17. The topological polar surface area (TPSA) is 69.6 Å². The van der Waals surface area contributed by atoms with Gasteiger partial charge in [-0.3, -0.25) is 4.79 Å². The van der Waals surface area contributed by atoms with Crippen molar-refractivity contribution in [3.63, 3.8) is 0 Å². The first-order chi connectivity index (χ1) is 9.86. The van der Waals surface area contributed by atoms with Gasteiger partial charge < -0.3 is 15.3 Å². The molecule has 0 bridgehead atoms. The molecule has 0 aromatic heterocycles. The van der Waals surface area contributed by atoms with Crippen molar-refractivity contribution >= 4 is 17.7 Å². The number of para-hydroxylation sites is 1. The maximum Gasteiger partial charge on any atom is 0.322 e. The molecule has 0 aliphatic rings. The molecule has 5 nitrogen and oxygen atoms in total. The highest BCUT2D eigenvalue weighted by molar-refractivity contribution is 5.90. The number of nitrogens with one attached hydrogen (secondary N) is 1. The summed E-state index contributed by atoms with van der Waals surface area (Å²) in [5.74, 6) is -0.607. The molecule has 0 radical (unpaired) electrons. The van der Waals surface area contributed by atoms with Crippen LogP contribution in [0.2, 0.25) is 0 Å². The number of benzene rings is 1. The highest BCUT2D eigenvalue weighted by Crippen LogP contribution is 2.24. The van der Waals surface area contributed by atoms with Gasteiger partial charge in [-0.1, -0.05) is 32.0 Å². The molecule has 1 rings (SSSR count). The second kappa shape index (κ2) is 7.67. The van der Waals surface area contributed by atoms with Gasteiger partial charge in [-0.15, -0.1) is 0 Å². The normalized spacial score (nSPS) is 12.0. The number of aliphatic carboxylic acids is 1. The zero-order valence-corrected chi connectivity index (χ0v) is 13.1. The summed E-state index contributed by atoms with van der Waals surface area (Å²) >= 11 is 0. The highest BCUT2D eigenvalue weighted by atomic mass is 16.4. The Morgan fingerprint density at radius 3 is 2.38 bits per heavy atom. The number of carboxylic acid groups (broad SMARTS) is 1. The Morgan fingerprint density at radius 1 is 1.24 bits per heavy atom. The van der Waals surface area contributed by atoms with Crippen molar-refractivity contribution in [2.24, 2.45) is 0 Å². The summed E-state index contributed by atoms with van der Waals surface area (Å²) in [5.41, 5.74) is 1.84. The van der Waals surface area contributed by atoms with Crippen molar-refractivity contribution < 1.29 is 14.7 Å². The molecule has 1 unspecified atom stereocenters. The molecular formula is C16H24N2O3. The van der Waals surface area contributed by atoms with E-state index in [1.165, 1.54) is 4.90 Å². The predicted molar refractivity (Wildman–Crippen MR) is 83.6 cm³/mol. The summed E-state index contributed by atoms with van der Waals surface area (Å²) in [7, 11) is 0. The van der Waals surface area contributed by atoms with E-state index >= 15 is 0 Å². The van der Waals surface area contributed by atoms with Crippen molar-refractivity contribution in [2.75, 3.05) is 11.9 Å². The summed E-state index contributed by atoms with van der Waals surface area (Å²) in [5, 5.41) is 11.7. The second-order valence-electron chi connectivity index (χ2n) is 5.41. The van der Waals surface area contributed by atoms with Gasteiger partial charge in [-0.05, 0) is 31.4 Å². The molecule has 0 spiro atoms. The Hall–Kier alpha value is -2.04. The molecular weight excluding hydrogens is 268 g/mol. The van der Waals surface area contributed by atoms with Crippen LogP contribution in [0.5, 0.6) is 0 Å². The molecule has 1 aromatic rings. The number of nitrogens with zero attached hydrogens (tertiary/aromatic N) is 1. The number of carbonyl (C=O) groups excluding carboxylic acids is 1. The minimum atomic E-state index is -0.906. The molecule has 5 heteroatoms. The van der Waals surface area contributed by atoms with E-state index in [4.69, 9.17) is 5.11 Å². The highest BCUT2D eigenvalue weighted by Gasteiger charge is 2.21. The van der Waals surface area contributed by atoms with Crippen LogP contribution in [0.3, 0.4) is 0 Å². The van der Waals surface area contributed by atoms with E-state index in [0.717, 1.165) is 11.3 Å². The van der Waals surface area contributed by atoms with Crippen LogP contribution in [0.4, 0.5) is 10.5 Å². The van der Waals surface area contributed by atoms with Gasteiger partial charge in [0.25, 0.3) is 0 Å². The summed E-state index contributed by atoms with van der Waals surface area (Å²) < 4.78 is 0. The average Bonchev–Trinajstić information content (AvgIpc) is 2.38. The third kappa shape index (κ3) is 4.77. The Kier molecular flexibility index (Phi) is 6.21. The van der Waals surface area contributed by atoms with Gasteiger partial charge in [0.05, 0.1) is 6.42 Å². The van der Waals surface area contributed by atoms with Gasteiger partial charge in [-0.2, -0.15) is 0 Å². The Labute approximate surface area is 126 Å². The van der Waals surface area contributed by atoms with E-state index in [0.29, 0.717) is 12.5 Å². The third-order valence-corrected chi connectivity index (χ3v) is 3.43. The lowest BCUT2D eigenvalue weighted by Crippen LogP contribution is -2.42. The number of hydrogen-bond donors (Lipinski definition) is 2. The number of carbonyl (C=O) groups is 2. The number of hydrogen-bond acceptors (Lipinski definition) is 2. The first kappa shape index (κ1) is 17.0. The van der Waals surface area contributed by atoms with Gasteiger partial charge in [0.15, 0.2) is 0 Å². The van der Waals surface area contributed by atoms with Crippen LogP contribution in [0.25, 0.3) is 0 Å². The van der Waals surface area contributed by atoms with Crippen molar-refractivity contribution in [3.05, 3.63) is 29.8 Å². The molecule has 0 aliphatic heterocycles. The lowest BCUT2D eigenvalue weighted by atomic mass is 10.0. The first-order valence-electron chi connectivity index (χ1n) is 7.25. The number of urea groups is 1.